The Hall–Kier alpha value is -1.89. The maximum Gasteiger partial charge on any atom is 0.317 e. The summed E-state index contributed by atoms with van der Waals surface area (Å²) in [5.74, 6) is 0.193. The van der Waals surface area contributed by atoms with Crippen LogP contribution in [0.25, 0.3) is 0 Å². The van der Waals surface area contributed by atoms with Crippen molar-refractivity contribution < 1.29 is 13.8 Å². The Balaban J connectivity index is 1.39. The zero-order valence-corrected chi connectivity index (χ0v) is 16.4. The summed E-state index contributed by atoms with van der Waals surface area (Å²) in [5.41, 5.74) is 1.06. The van der Waals surface area contributed by atoms with Crippen molar-refractivity contribution in [2.24, 2.45) is 0 Å². The van der Waals surface area contributed by atoms with Gasteiger partial charge >= 0.3 is 6.03 Å². The van der Waals surface area contributed by atoms with Crippen LogP contribution in [-0.2, 0) is 22.1 Å². The molecular weight excluding hydrogens is 362 g/mol. The van der Waals surface area contributed by atoms with Gasteiger partial charge in [-0.15, -0.1) is 0 Å². The Kier molecular flexibility index (Phi) is 5.21. The number of benzene rings is 1. The van der Waals surface area contributed by atoms with E-state index in [9.17, 15) is 13.8 Å². The van der Waals surface area contributed by atoms with Crippen molar-refractivity contribution in [1.82, 2.24) is 15.1 Å². The predicted molar refractivity (Wildman–Crippen MR) is 104 cm³/mol. The van der Waals surface area contributed by atoms with E-state index in [1.807, 2.05) is 35.2 Å². The molecule has 3 amide bonds. The molecule has 1 saturated carbocycles. The van der Waals surface area contributed by atoms with Crippen LogP contribution in [0.5, 0.6) is 0 Å². The highest BCUT2D eigenvalue weighted by molar-refractivity contribution is 7.87. The SMILES string of the molecule is O=C(NCc1ccccc1)N1CCC2(CC1)N(C1CCCC1)C(=O)CS2=O. The van der Waals surface area contributed by atoms with E-state index in [4.69, 9.17) is 0 Å². The smallest absolute Gasteiger partial charge is 0.317 e. The van der Waals surface area contributed by atoms with Crippen LogP contribution in [0.15, 0.2) is 30.3 Å². The second-order valence-corrected chi connectivity index (χ2v) is 9.51. The van der Waals surface area contributed by atoms with Gasteiger partial charge in [-0.2, -0.15) is 0 Å². The third kappa shape index (κ3) is 3.49. The highest BCUT2D eigenvalue weighted by atomic mass is 32.2. The first-order valence-corrected chi connectivity index (χ1v) is 11.2. The second kappa shape index (κ2) is 7.62. The fourth-order valence-corrected chi connectivity index (χ4v) is 6.51. The average molecular weight is 390 g/mol. The number of hydrogen-bond donors (Lipinski definition) is 1. The van der Waals surface area contributed by atoms with Crippen LogP contribution in [0.3, 0.4) is 0 Å². The van der Waals surface area contributed by atoms with Gasteiger partial charge in [0.1, 0.15) is 10.6 Å². The summed E-state index contributed by atoms with van der Waals surface area (Å²) >= 11 is 0. The minimum atomic E-state index is -1.17. The number of rotatable bonds is 3. The van der Waals surface area contributed by atoms with Gasteiger partial charge in [-0.25, -0.2) is 4.79 Å². The van der Waals surface area contributed by atoms with Crippen molar-refractivity contribution >= 4 is 22.7 Å². The first-order valence-electron chi connectivity index (χ1n) is 9.87. The maximum absolute atomic E-state index is 12.8. The first-order chi connectivity index (χ1) is 13.1. The van der Waals surface area contributed by atoms with Crippen LogP contribution in [0, 0.1) is 0 Å². The quantitative estimate of drug-likeness (QED) is 0.862. The van der Waals surface area contributed by atoms with Gasteiger partial charge in [-0.1, -0.05) is 43.2 Å². The molecule has 1 unspecified atom stereocenters. The molecule has 0 radical (unpaired) electrons. The fraction of sp³-hybridized carbons (Fsp3) is 0.600. The Bertz CT molecular complexity index is 725. The second-order valence-electron chi connectivity index (χ2n) is 7.77. The van der Waals surface area contributed by atoms with Gasteiger partial charge in [0.2, 0.25) is 5.91 Å². The van der Waals surface area contributed by atoms with Gasteiger partial charge in [0.25, 0.3) is 0 Å². The van der Waals surface area contributed by atoms with E-state index in [0.717, 1.165) is 31.2 Å². The molecule has 1 N–H and O–H groups in total. The zero-order chi connectivity index (χ0) is 18.9. The van der Waals surface area contributed by atoms with Crippen molar-refractivity contribution in [2.75, 3.05) is 18.8 Å². The van der Waals surface area contributed by atoms with E-state index >= 15 is 0 Å². The standard InChI is InChI=1S/C20H27N3O3S/c24-18-15-27(26)20(23(18)17-8-4-5-9-17)10-12-22(13-11-20)19(25)21-14-16-6-2-1-3-7-16/h1-3,6-7,17H,4-5,8-15H2,(H,21,25). The monoisotopic (exact) mass is 389 g/mol. The number of amides is 3. The molecule has 27 heavy (non-hydrogen) atoms. The van der Waals surface area contributed by atoms with Crippen LogP contribution < -0.4 is 5.32 Å². The lowest BCUT2D eigenvalue weighted by Crippen LogP contribution is -2.59. The Morgan fingerprint density at radius 2 is 1.81 bits per heavy atom. The first kappa shape index (κ1) is 18.5. The average Bonchev–Trinajstić information content (AvgIpc) is 3.28. The molecule has 6 nitrogen and oxygen atoms in total. The lowest BCUT2D eigenvalue weighted by atomic mass is 9.99. The van der Waals surface area contributed by atoms with Crippen LogP contribution >= 0.6 is 0 Å². The molecule has 2 aliphatic heterocycles. The molecule has 1 aromatic carbocycles. The Morgan fingerprint density at radius 3 is 2.48 bits per heavy atom. The predicted octanol–water partition coefficient (Wildman–Crippen LogP) is 2.22. The minimum Gasteiger partial charge on any atom is -0.334 e. The van der Waals surface area contributed by atoms with Gasteiger partial charge < -0.3 is 15.1 Å². The van der Waals surface area contributed by atoms with Gasteiger partial charge in [0.05, 0.1) is 10.8 Å². The molecule has 1 aliphatic carbocycles. The summed E-state index contributed by atoms with van der Waals surface area (Å²) < 4.78 is 12.8. The lowest BCUT2D eigenvalue weighted by Gasteiger charge is -2.45. The maximum atomic E-state index is 12.8. The summed E-state index contributed by atoms with van der Waals surface area (Å²) in [6.45, 7) is 1.59. The summed E-state index contributed by atoms with van der Waals surface area (Å²) in [6, 6.07) is 9.98. The van der Waals surface area contributed by atoms with E-state index < -0.39 is 15.7 Å². The number of nitrogens with zero attached hydrogens (tertiary/aromatic N) is 2. The molecule has 7 heteroatoms. The van der Waals surface area contributed by atoms with Crippen LogP contribution in [0.4, 0.5) is 4.79 Å². The van der Waals surface area contributed by atoms with Crippen molar-refractivity contribution in [3.05, 3.63) is 35.9 Å². The third-order valence-corrected chi connectivity index (χ3v) is 8.16. The molecule has 146 valence electrons. The number of likely N-dealkylation sites (tertiary alicyclic amines) is 1. The summed E-state index contributed by atoms with van der Waals surface area (Å²) in [5, 5.41) is 2.96. The summed E-state index contributed by atoms with van der Waals surface area (Å²) in [6.07, 6.45) is 5.55. The van der Waals surface area contributed by atoms with E-state index in [2.05, 4.69) is 5.32 Å². The van der Waals surface area contributed by atoms with Crippen molar-refractivity contribution in [3.8, 4) is 0 Å². The van der Waals surface area contributed by atoms with Gasteiger partial charge in [0, 0.05) is 38.5 Å². The van der Waals surface area contributed by atoms with Crippen molar-refractivity contribution in [2.45, 2.75) is 56.0 Å². The summed E-state index contributed by atoms with van der Waals surface area (Å²) in [7, 11) is -1.17. The fourth-order valence-electron chi connectivity index (χ4n) is 4.76. The van der Waals surface area contributed by atoms with Gasteiger partial charge in [-0.3, -0.25) is 9.00 Å². The molecular formula is C20H27N3O3S. The van der Waals surface area contributed by atoms with Crippen LogP contribution in [0.2, 0.25) is 0 Å². The molecule has 2 saturated heterocycles. The Labute approximate surface area is 162 Å². The largest absolute Gasteiger partial charge is 0.334 e. The molecule has 2 heterocycles. The van der Waals surface area contributed by atoms with E-state index in [-0.39, 0.29) is 23.7 Å². The van der Waals surface area contributed by atoms with Gasteiger partial charge in [0.15, 0.2) is 0 Å². The number of urea groups is 1. The van der Waals surface area contributed by atoms with Crippen molar-refractivity contribution in [1.29, 1.82) is 0 Å². The summed E-state index contributed by atoms with van der Waals surface area (Å²) in [4.78, 5) is 28.3. The molecule has 1 atom stereocenters. The number of hydrogen-bond acceptors (Lipinski definition) is 3. The van der Waals surface area contributed by atoms with Crippen LogP contribution in [-0.4, -0.2) is 55.7 Å². The van der Waals surface area contributed by atoms with E-state index in [1.165, 1.54) is 0 Å². The molecule has 3 fully saturated rings. The number of nitrogens with one attached hydrogen (secondary N) is 1. The topological polar surface area (TPSA) is 69.7 Å². The van der Waals surface area contributed by atoms with E-state index in [1.54, 1.807) is 4.90 Å². The Morgan fingerprint density at radius 1 is 1.15 bits per heavy atom. The van der Waals surface area contributed by atoms with Crippen LogP contribution in [0.1, 0.15) is 44.1 Å². The molecule has 0 aromatic heterocycles. The molecule has 1 spiro atoms. The molecule has 1 aromatic rings. The highest BCUT2D eigenvalue weighted by Gasteiger charge is 2.55. The van der Waals surface area contributed by atoms with Gasteiger partial charge in [-0.05, 0) is 18.4 Å². The molecule has 3 aliphatic rings. The number of piperidine rings is 1. The molecule has 4 rings (SSSR count). The lowest BCUT2D eigenvalue weighted by molar-refractivity contribution is -0.133. The molecule has 0 bridgehead atoms. The number of carbonyl (C=O) groups excluding carboxylic acids is 2. The number of carbonyl (C=O) groups is 2. The normalized spacial score (nSPS) is 25.3. The third-order valence-electron chi connectivity index (χ3n) is 6.19. The highest BCUT2D eigenvalue weighted by Crippen LogP contribution is 2.42. The van der Waals surface area contributed by atoms with E-state index in [0.29, 0.717) is 32.5 Å². The zero-order valence-electron chi connectivity index (χ0n) is 15.6. The minimum absolute atomic E-state index is 0.0437. The van der Waals surface area contributed by atoms with Crippen molar-refractivity contribution in [3.63, 3.8) is 0 Å².